The first-order valence-corrected chi connectivity index (χ1v) is 6.39. The van der Waals surface area contributed by atoms with Crippen LogP contribution in [0.4, 0.5) is 0 Å². The number of fused-ring (bicyclic) bond motifs is 1. The lowest BCUT2D eigenvalue weighted by molar-refractivity contribution is 0.0954. The number of nitrogens with one attached hydrogen (secondary N) is 2. The summed E-state index contributed by atoms with van der Waals surface area (Å²) >= 11 is 0. The SMILES string of the molecule is CCCNC(=O)c1ccc2nc(C(C)C)[nH]c2c1. The number of hydrogen-bond acceptors (Lipinski definition) is 2. The first kappa shape index (κ1) is 12.6. The number of amides is 1. The van der Waals surface area contributed by atoms with E-state index in [4.69, 9.17) is 0 Å². The molecular weight excluding hydrogens is 226 g/mol. The minimum Gasteiger partial charge on any atom is -0.352 e. The maximum atomic E-state index is 11.8. The third-order valence-corrected chi connectivity index (χ3v) is 2.84. The van der Waals surface area contributed by atoms with Crippen molar-refractivity contribution in [3.63, 3.8) is 0 Å². The first-order chi connectivity index (χ1) is 8.61. The van der Waals surface area contributed by atoms with Gasteiger partial charge in [0.1, 0.15) is 5.82 Å². The Labute approximate surface area is 107 Å². The number of imidazole rings is 1. The smallest absolute Gasteiger partial charge is 0.251 e. The van der Waals surface area contributed by atoms with E-state index < -0.39 is 0 Å². The van der Waals surface area contributed by atoms with Crippen LogP contribution < -0.4 is 5.32 Å². The van der Waals surface area contributed by atoms with E-state index in [1.807, 2.05) is 25.1 Å². The summed E-state index contributed by atoms with van der Waals surface area (Å²) in [6, 6.07) is 5.57. The first-order valence-electron chi connectivity index (χ1n) is 6.39. The monoisotopic (exact) mass is 245 g/mol. The number of benzene rings is 1. The fourth-order valence-corrected chi connectivity index (χ4v) is 1.78. The summed E-state index contributed by atoms with van der Waals surface area (Å²) in [6.45, 7) is 6.92. The summed E-state index contributed by atoms with van der Waals surface area (Å²) in [5.41, 5.74) is 2.50. The average Bonchev–Trinajstić information content (AvgIpc) is 2.78. The molecule has 0 saturated heterocycles. The van der Waals surface area contributed by atoms with Crippen molar-refractivity contribution >= 4 is 16.9 Å². The highest BCUT2D eigenvalue weighted by molar-refractivity contribution is 5.97. The molecule has 96 valence electrons. The van der Waals surface area contributed by atoms with Gasteiger partial charge in [0.25, 0.3) is 5.91 Å². The lowest BCUT2D eigenvalue weighted by atomic mass is 10.2. The summed E-state index contributed by atoms with van der Waals surface area (Å²) in [4.78, 5) is 19.6. The molecule has 0 fully saturated rings. The van der Waals surface area contributed by atoms with E-state index in [-0.39, 0.29) is 5.91 Å². The van der Waals surface area contributed by atoms with Crippen LogP contribution in [0.1, 0.15) is 49.3 Å². The van der Waals surface area contributed by atoms with Crippen LogP contribution in [0.15, 0.2) is 18.2 Å². The molecule has 0 atom stereocenters. The maximum absolute atomic E-state index is 11.8. The number of carbonyl (C=O) groups is 1. The zero-order chi connectivity index (χ0) is 13.1. The molecule has 0 aliphatic rings. The molecule has 1 aromatic carbocycles. The zero-order valence-corrected chi connectivity index (χ0v) is 11.1. The fourth-order valence-electron chi connectivity index (χ4n) is 1.78. The van der Waals surface area contributed by atoms with Gasteiger partial charge in [0.15, 0.2) is 0 Å². The van der Waals surface area contributed by atoms with Gasteiger partial charge in [0.05, 0.1) is 11.0 Å². The highest BCUT2D eigenvalue weighted by Crippen LogP contribution is 2.18. The van der Waals surface area contributed by atoms with Crippen molar-refractivity contribution in [1.82, 2.24) is 15.3 Å². The van der Waals surface area contributed by atoms with Gasteiger partial charge in [-0.25, -0.2) is 4.98 Å². The molecule has 0 spiro atoms. The van der Waals surface area contributed by atoms with Crippen LogP contribution in [0.5, 0.6) is 0 Å². The molecule has 2 rings (SSSR count). The molecule has 2 aromatic rings. The molecule has 0 saturated carbocycles. The van der Waals surface area contributed by atoms with Crippen LogP contribution in [0.25, 0.3) is 11.0 Å². The Morgan fingerprint density at radius 2 is 2.22 bits per heavy atom. The number of carbonyl (C=O) groups excluding carboxylic acids is 1. The van der Waals surface area contributed by atoms with E-state index in [0.717, 1.165) is 23.3 Å². The quantitative estimate of drug-likeness (QED) is 0.870. The fraction of sp³-hybridized carbons (Fsp3) is 0.429. The molecule has 4 nitrogen and oxygen atoms in total. The average molecular weight is 245 g/mol. The molecule has 0 radical (unpaired) electrons. The predicted octanol–water partition coefficient (Wildman–Crippen LogP) is 2.83. The van der Waals surface area contributed by atoms with Crippen molar-refractivity contribution in [3.05, 3.63) is 29.6 Å². The number of hydrogen-bond donors (Lipinski definition) is 2. The van der Waals surface area contributed by atoms with Gasteiger partial charge < -0.3 is 10.3 Å². The molecule has 0 bridgehead atoms. The molecule has 1 heterocycles. The Morgan fingerprint density at radius 3 is 2.89 bits per heavy atom. The van der Waals surface area contributed by atoms with Gasteiger partial charge in [-0.3, -0.25) is 4.79 Å². The third kappa shape index (κ3) is 2.53. The van der Waals surface area contributed by atoms with Crippen LogP contribution in [0.2, 0.25) is 0 Å². The number of H-pyrrole nitrogens is 1. The van der Waals surface area contributed by atoms with Crippen LogP contribution >= 0.6 is 0 Å². The van der Waals surface area contributed by atoms with E-state index in [0.29, 0.717) is 18.0 Å². The third-order valence-electron chi connectivity index (χ3n) is 2.84. The van der Waals surface area contributed by atoms with Gasteiger partial charge in [-0.1, -0.05) is 20.8 Å². The minimum absolute atomic E-state index is 0.0283. The van der Waals surface area contributed by atoms with E-state index in [2.05, 4.69) is 29.1 Å². The van der Waals surface area contributed by atoms with Gasteiger partial charge in [-0.15, -0.1) is 0 Å². The van der Waals surface area contributed by atoms with Crippen molar-refractivity contribution in [2.24, 2.45) is 0 Å². The van der Waals surface area contributed by atoms with Crippen LogP contribution in [0.3, 0.4) is 0 Å². The Bertz CT molecular complexity index is 557. The van der Waals surface area contributed by atoms with Crippen molar-refractivity contribution < 1.29 is 4.79 Å². The predicted molar refractivity (Wildman–Crippen MR) is 72.8 cm³/mol. The van der Waals surface area contributed by atoms with E-state index in [1.54, 1.807) is 0 Å². The molecule has 1 amide bonds. The largest absolute Gasteiger partial charge is 0.352 e. The molecule has 2 N–H and O–H groups in total. The van der Waals surface area contributed by atoms with Crippen LogP contribution in [-0.4, -0.2) is 22.4 Å². The molecule has 18 heavy (non-hydrogen) atoms. The van der Waals surface area contributed by atoms with Gasteiger partial charge in [0.2, 0.25) is 0 Å². The normalized spacial score (nSPS) is 11.1. The number of aromatic nitrogens is 2. The van der Waals surface area contributed by atoms with Crippen LogP contribution in [0, 0.1) is 0 Å². The van der Waals surface area contributed by atoms with Crippen LogP contribution in [-0.2, 0) is 0 Å². The van der Waals surface area contributed by atoms with Gasteiger partial charge in [0, 0.05) is 18.0 Å². The van der Waals surface area contributed by atoms with Crippen molar-refractivity contribution in [3.8, 4) is 0 Å². The number of nitrogens with zero attached hydrogens (tertiary/aromatic N) is 1. The Hall–Kier alpha value is -1.84. The zero-order valence-electron chi connectivity index (χ0n) is 11.1. The summed E-state index contributed by atoms with van der Waals surface area (Å²) in [5, 5.41) is 2.87. The summed E-state index contributed by atoms with van der Waals surface area (Å²) < 4.78 is 0. The lowest BCUT2D eigenvalue weighted by Crippen LogP contribution is -2.23. The van der Waals surface area contributed by atoms with E-state index >= 15 is 0 Å². The topological polar surface area (TPSA) is 57.8 Å². The Balaban J connectivity index is 2.29. The summed E-state index contributed by atoms with van der Waals surface area (Å²) in [6.07, 6.45) is 0.940. The minimum atomic E-state index is -0.0283. The molecule has 1 aromatic heterocycles. The van der Waals surface area contributed by atoms with Crippen molar-refractivity contribution in [2.45, 2.75) is 33.1 Å². The maximum Gasteiger partial charge on any atom is 0.251 e. The second-order valence-electron chi connectivity index (χ2n) is 4.76. The number of aromatic amines is 1. The standard InChI is InChI=1S/C14H19N3O/c1-4-7-15-14(18)10-5-6-11-12(8-10)17-13(16-11)9(2)3/h5-6,8-9H,4,7H2,1-3H3,(H,15,18)(H,16,17). The number of rotatable bonds is 4. The highest BCUT2D eigenvalue weighted by Gasteiger charge is 2.09. The summed E-state index contributed by atoms with van der Waals surface area (Å²) in [7, 11) is 0. The molecule has 0 unspecified atom stereocenters. The van der Waals surface area contributed by atoms with E-state index in [9.17, 15) is 4.79 Å². The van der Waals surface area contributed by atoms with Gasteiger partial charge in [-0.05, 0) is 24.6 Å². The Kier molecular flexibility index (Phi) is 3.65. The van der Waals surface area contributed by atoms with Gasteiger partial charge in [-0.2, -0.15) is 0 Å². The van der Waals surface area contributed by atoms with Gasteiger partial charge >= 0.3 is 0 Å². The highest BCUT2D eigenvalue weighted by atomic mass is 16.1. The molecule has 4 heteroatoms. The van der Waals surface area contributed by atoms with E-state index in [1.165, 1.54) is 0 Å². The molecule has 0 aliphatic carbocycles. The Morgan fingerprint density at radius 1 is 1.44 bits per heavy atom. The summed E-state index contributed by atoms with van der Waals surface area (Å²) in [5.74, 6) is 1.28. The second-order valence-corrected chi connectivity index (χ2v) is 4.76. The lowest BCUT2D eigenvalue weighted by Gasteiger charge is -2.02. The van der Waals surface area contributed by atoms with Crippen molar-refractivity contribution in [1.29, 1.82) is 0 Å². The molecular formula is C14H19N3O. The van der Waals surface area contributed by atoms with Crippen molar-refractivity contribution in [2.75, 3.05) is 6.54 Å². The molecule has 0 aliphatic heterocycles. The second kappa shape index (κ2) is 5.21.